The van der Waals surface area contributed by atoms with Gasteiger partial charge in [0.15, 0.2) is 0 Å². The molecule has 0 radical (unpaired) electrons. The van der Waals surface area contributed by atoms with Crippen LogP contribution in [0.3, 0.4) is 0 Å². The second kappa shape index (κ2) is 7.48. The average Bonchev–Trinajstić information content (AvgIpc) is 2.54. The molecule has 0 fully saturated rings. The second-order valence-electron chi connectivity index (χ2n) is 5.22. The molecule has 5 nitrogen and oxygen atoms in total. The van der Waals surface area contributed by atoms with Gasteiger partial charge >= 0.3 is 0 Å². The van der Waals surface area contributed by atoms with Crippen LogP contribution in [0.15, 0.2) is 48.5 Å². The summed E-state index contributed by atoms with van der Waals surface area (Å²) in [6, 6.07) is 14.5. The fourth-order valence-corrected chi connectivity index (χ4v) is 3.38. The van der Waals surface area contributed by atoms with Crippen LogP contribution in [0, 0.1) is 0 Å². The molecular formula is C17H21NO4S. The highest BCUT2D eigenvalue weighted by Crippen LogP contribution is 2.19. The minimum atomic E-state index is -3.42. The van der Waals surface area contributed by atoms with Crippen molar-refractivity contribution in [2.45, 2.75) is 12.3 Å². The van der Waals surface area contributed by atoms with Crippen LogP contribution in [0.4, 0.5) is 0 Å². The van der Waals surface area contributed by atoms with E-state index in [0.717, 1.165) is 5.56 Å². The predicted molar refractivity (Wildman–Crippen MR) is 90.1 cm³/mol. The highest BCUT2D eigenvalue weighted by molar-refractivity contribution is 7.88. The Balaban J connectivity index is 2.11. The number of methoxy groups -OCH3 is 2. The van der Waals surface area contributed by atoms with Gasteiger partial charge in [0.05, 0.1) is 20.0 Å². The zero-order valence-electron chi connectivity index (χ0n) is 13.5. The fraction of sp³-hybridized carbons (Fsp3) is 0.294. The molecule has 0 atom stereocenters. The lowest BCUT2D eigenvalue weighted by Gasteiger charge is -2.18. The van der Waals surface area contributed by atoms with Crippen molar-refractivity contribution in [3.05, 3.63) is 59.7 Å². The van der Waals surface area contributed by atoms with Gasteiger partial charge in [0, 0.05) is 13.6 Å². The smallest absolute Gasteiger partial charge is 0.218 e. The largest absolute Gasteiger partial charge is 0.497 e. The van der Waals surface area contributed by atoms with Crippen LogP contribution in [0.2, 0.25) is 0 Å². The summed E-state index contributed by atoms with van der Waals surface area (Å²) in [5.41, 5.74) is 1.57. The van der Waals surface area contributed by atoms with Crippen molar-refractivity contribution in [3.8, 4) is 11.5 Å². The number of hydrogen-bond acceptors (Lipinski definition) is 4. The molecule has 0 amide bonds. The van der Waals surface area contributed by atoms with Gasteiger partial charge in [-0.2, -0.15) is 0 Å². The van der Waals surface area contributed by atoms with E-state index in [9.17, 15) is 8.42 Å². The first-order chi connectivity index (χ1) is 10.9. The molecule has 0 aliphatic carbocycles. The van der Waals surface area contributed by atoms with Crippen LogP contribution in [0.1, 0.15) is 11.1 Å². The maximum atomic E-state index is 12.5. The third-order valence-corrected chi connectivity index (χ3v) is 5.27. The third-order valence-electron chi connectivity index (χ3n) is 3.50. The van der Waals surface area contributed by atoms with Gasteiger partial charge < -0.3 is 9.47 Å². The predicted octanol–water partition coefficient (Wildman–Crippen LogP) is 2.67. The molecule has 0 N–H and O–H groups in total. The van der Waals surface area contributed by atoms with E-state index in [4.69, 9.17) is 9.47 Å². The van der Waals surface area contributed by atoms with Crippen molar-refractivity contribution < 1.29 is 17.9 Å². The summed E-state index contributed by atoms with van der Waals surface area (Å²) in [7, 11) is 1.30. The van der Waals surface area contributed by atoms with Crippen molar-refractivity contribution in [1.82, 2.24) is 4.31 Å². The Hall–Kier alpha value is -2.05. The SMILES string of the molecule is COc1cccc(CN(C)S(=O)(=O)Cc2cccc(OC)c2)c1. The second-order valence-corrected chi connectivity index (χ2v) is 7.29. The zero-order valence-corrected chi connectivity index (χ0v) is 14.3. The third kappa shape index (κ3) is 4.71. The van der Waals surface area contributed by atoms with Crippen LogP contribution in [-0.2, 0) is 22.3 Å². The molecule has 0 saturated heterocycles. The standard InChI is InChI=1S/C17H21NO4S/c1-18(12-14-6-4-8-16(10-14)21-2)23(19,20)13-15-7-5-9-17(11-15)22-3/h4-11H,12-13H2,1-3H3. The van der Waals surface area contributed by atoms with E-state index in [1.165, 1.54) is 4.31 Å². The Kier molecular flexibility index (Phi) is 5.63. The van der Waals surface area contributed by atoms with E-state index in [1.807, 2.05) is 24.3 Å². The Morgan fingerprint density at radius 3 is 2.00 bits per heavy atom. The summed E-state index contributed by atoms with van der Waals surface area (Å²) < 4.78 is 36.7. The van der Waals surface area contributed by atoms with Crippen molar-refractivity contribution in [2.75, 3.05) is 21.3 Å². The minimum Gasteiger partial charge on any atom is -0.497 e. The quantitative estimate of drug-likeness (QED) is 0.780. The van der Waals surface area contributed by atoms with Crippen LogP contribution in [-0.4, -0.2) is 34.0 Å². The van der Waals surface area contributed by atoms with Gasteiger partial charge in [-0.1, -0.05) is 24.3 Å². The summed E-state index contributed by atoms with van der Waals surface area (Å²) in [6.07, 6.45) is 0. The molecule has 2 rings (SSSR count). The average molecular weight is 335 g/mol. The monoisotopic (exact) mass is 335 g/mol. The van der Waals surface area contributed by atoms with Gasteiger partial charge in [0.1, 0.15) is 11.5 Å². The fourth-order valence-electron chi connectivity index (χ4n) is 2.21. The maximum absolute atomic E-state index is 12.5. The normalized spacial score (nSPS) is 11.5. The number of nitrogens with zero attached hydrogens (tertiary/aromatic N) is 1. The van der Waals surface area contributed by atoms with Gasteiger partial charge in [-0.15, -0.1) is 0 Å². The summed E-state index contributed by atoms with van der Waals surface area (Å²) in [4.78, 5) is 0. The number of benzene rings is 2. The lowest BCUT2D eigenvalue weighted by atomic mass is 10.2. The van der Waals surface area contributed by atoms with Crippen molar-refractivity contribution >= 4 is 10.0 Å². The van der Waals surface area contributed by atoms with E-state index in [2.05, 4.69) is 0 Å². The summed E-state index contributed by atoms with van der Waals surface area (Å²) in [6.45, 7) is 0.295. The van der Waals surface area contributed by atoms with Gasteiger partial charge in [-0.3, -0.25) is 0 Å². The molecule has 124 valence electrons. The first-order valence-electron chi connectivity index (χ1n) is 7.14. The first kappa shape index (κ1) is 17.3. The summed E-state index contributed by atoms with van der Waals surface area (Å²) in [5.74, 6) is 1.29. The van der Waals surface area contributed by atoms with Crippen LogP contribution in [0.5, 0.6) is 11.5 Å². The van der Waals surface area contributed by atoms with E-state index in [0.29, 0.717) is 23.6 Å². The van der Waals surface area contributed by atoms with Crippen LogP contribution in [0.25, 0.3) is 0 Å². The van der Waals surface area contributed by atoms with Crippen LogP contribution < -0.4 is 9.47 Å². The number of hydrogen-bond donors (Lipinski definition) is 0. The van der Waals surface area contributed by atoms with E-state index < -0.39 is 10.0 Å². The Morgan fingerprint density at radius 1 is 0.913 bits per heavy atom. The molecule has 6 heteroatoms. The number of ether oxygens (including phenoxy) is 2. The highest BCUT2D eigenvalue weighted by atomic mass is 32.2. The van der Waals surface area contributed by atoms with Crippen molar-refractivity contribution in [3.63, 3.8) is 0 Å². The molecule has 0 aliphatic rings. The topological polar surface area (TPSA) is 55.8 Å². The molecule has 2 aromatic rings. The molecule has 0 bridgehead atoms. The van der Waals surface area contributed by atoms with Gasteiger partial charge in [0.25, 0.3) is 0 Å². The zero-order chi connectivity index (χ0) is 16.9. The van der Waals surface area contributed by atoms with Gasteiger partial charge in [0.2, 0.25) is 10.0 Å². The lowest BCUT2D eigenvalue weighted by molar-refractivity contribution is 0.412. The Morgan fingerprint density at radius 2 is 1.43 bits per heavy atom. The lowest BCUT2D eigenvalue weighted by Crippen LogP contribution is -2.27. The Labute approximate surface area is 137 Å². The molecule has 0 saturated carbocycles. The first-order valence-corrected chi connectivity index (χ1v) is 8.75. The summed E-state index contributed by atoms with van der Waals surface area (Å²) >= 11 is 0. The molecule has 0 spiro atoms. The van der Waals surface area contributed by atoms with Gasteiger partial charge in [-0.25, -0.2) is 12.7 Å². The molecule has 0 unspecified atom stereocenters. The molecule has 23 heavy (non-hydrogen) atoms. The molecule has 0 aliphatic heterocycles. The van der Waals surface area contributed by atoms with E-state index in [1.54, 1.807) is 45.5 Å². The molecule has 0 aromatic heterocycles. The minimum absolute atomic E-state index is 0.0648. The van der Waals surface area contributed by atoms with Crippen molar-refractivity contribution in [2.24, 2.45) is 0 Å². The summed E-state index contributed by atoms with van der Waals surface area (Å²) in [5, 5.41) is 0. The number of sulfonamides is 1. The van der Waals surface area contributed by atoms with Crippen molar-refractivity contribution in [1.29, 1.82) is 0 Å². The van der Waals surface area contributed by atoms with Gasteiger partial charge in [-0.05, 0) is 35.4 Å². The van der Waals surface area contributed by atoms with E-state index >= 15 is 0 Å². The Bertz CT molecular complexity index is 759. The molecule has 0 heterocycles. The highest BCUT2D eigenvalue weighted by Gasteiger charge is 2.19. The number of rotatable bonds is 7. The van der Waals surface area contributed by atoms with Crippen LogP contribution >= 0.6 is 0 Å². The van der Waals surface area contributed by atoms with E-state index in [-0.39, 0.29) is 5.75 Å². The molecular weight excluding hydrogens is 314 g/mol. The molecule has 2 aromatic carbocycles. The maximum Gasteiger partial charge on any atom is 0.218 e.